The lowest BCUT2D eigenvalue weighted by Gasteiger charge is -2.21. The molecular weight excluding hydrogens is 276 g/mol. The zero-order chi connectivity index (χ0) is 10.7. The van der Waals surface area contributed by atoms with E-state index in [1.807, 2.05) is 4.68 Å². The van der Waals surface area contributed by atoms with Gasteiger partial charge >= 0.3 is 0 Å². The average Bonchev–Trinajstić information content (AvgIpc) is 2.62. The molecule has 5 heteroatoms. The van der Waals surface area contributed by atoms with Crippen LogP contribution in [0.4, 0.5) is 0 Å². The van der Waals surface area contributed by atoms with Gasteiger partial charge in [-0.05, 0) is 46.2 Å². The number of halogens is 1. The summed E-state index contributed by atoms with van der Waals surface area (Å²) in [6.07, 6.45) is 4.38. The smallest absolute Gasteiger partial charge is 0.171 e. The molecule has 1 fully saturated rings. The average molecular weight is 291 g/mol. The minimum Gasteiger partial charge on any atom is -0.492 e. The second-order valence-corrected chi connectivity index (χ2v) is 5.72. The van der Waals surface area contributed by atoms with Crippen molar-refractivity contribution >= 4 is 27.7 Å². The second kappa shape index (κ2) is 5.25. The lowest BCUT2D eigenvalue weighted by Crippen LogP contribution is -2.17. The first-order valence-electron chi connectivity index (χ1n) is 5.14. The molecule has 2 heterocycles. The molecule has 1 aromatic rings. The van der Waals surface area contributed by atoms with Crippen LogP contribution >= 0.6 is 27.7 Å². The summed E-state index contributed by atoms with van der Waals surface area (Å²) >= 11 is 5.57. The number of aromatic nitrogens is 2. The molecule has 0 amide bonds. The third kappa shape index (κ3) is 2.69. The first-order chi connectivity index (χ1) is 7.31. The number of methoxy groups -OCH3 is 1. The predicted molar refractivity (Wildman–Crippen MR) is 66.5 cm³/mol. The van der Waals surface area contributed by atoms with Crippen molar-refractivity contribution in [3.63, 3.8) is 0 Å². The normalized spacial score (nSPS) is 18.0. The van der Waals surface area contributed by atoms with Crippen LogP contribution in [-0.2, 0) is 6.54 Å². The first-order valence-corrected chi connectivity index (χ1v) is 7.09. The molecule has 0 N–H and O–H groups in total. The molecule has 1 aliphatic heterocycles. The summed E-state index contributed by atoms with van der Waals surface area (Å²) in [7, 11) is 1.67. The van der Waals surface area contributed by atoms with Gasteiger partial charge in [0.05, 0.1) is 13.3 Å². The highest BCUT2D eigenvalue weighted by Gasteiger charge is 2.17. The van der Waals surface area contributed by atoms with Crippen LogP contribution in [-0.4, -0.2) is 28.4 Å². The molecule has 84 valence electrons. The molecule has 0 aromatic carbocycles. The van der Waals surface area contributed by atoms with E-state index in [0.717, 1.165) is 22.8 Å². The maximum Gasteiger partial charge on any atom is 0.171 e. The van der Waals surface area contributed by atoms with Crippen molar-refractivity contribution < 1.29 is 4.74 Å². The van der Waals surface area contributed by atoms with Crippen LogP contribution in [0.5, 0.6) is 5.75 Å². The summed E-state index contributed by atoms with van der Waals surface area (Å²) in [4.78, 5) is 0. The van der Waals surface area contributed by atoms with Crippen LogP contribution in [0, 0.1) is 5.92 Å². The van der Waals surface area contributed by atoms with Gasteiger partial charge in [0.2, 0.25) is 0 Å². The van der Waals surface area contributed by atoms with Crippen molar-refractivity contribution in [2.75, 3.05) is 18.6 Å². The first kappa shape index (κ1) is 11.3. The minimum absolute atomic E-state index is 0.771. The maximum atomic E-state index is 5.18. The molecule has 1 aromatic heterocycles. The van der Waals surface area contributed by atoms with E-state index in [9.17, 15) is 0 Å². The van der Waals surface area contributed by atoms with Gasteiger partial charge in [-0.15, -0.1) is 0 Å². The molecule has 0 aliphatic carbocycles. The van der Waals surface area contributed by atoms with Gasteiger partial charge in [-0.25, -0.2) is 0 Å². The van der Waals surface area contributed by atoms with Gasteiger partial charge in [0.15, 0.2) is 5.75 Å². The van der Waals surface area contributed by atoms with E-state index < -0.39 is 0 Å². The van der Waals surface area contributed by atoms with Gasteiger partial charge in [-0.3, -0.25) is 4.68 Å². The minimum atomic E-state index is 0.771. The van der Waals surface area contributed by atoms with Gasteiger partial charge < -0.3 is 4.74 Å². The topological polar surface area (TPSA) is 27.1 Å². The number of nitrogens with zero attached hydrogens (tertiary/aromatic N) is 2. The van der Waals surface area contributed by atoms with Crippen LogP contribution in [0.1, 0.15) is 12.8 Å². The Bertz CT molecular complexity index is 323. The number of hydrogen-bond donors (Lipinski definition) is 0. The van der Waals surface area contributed by atoms with Crippen molar-refractivity contribution in [3.8, 4) is 5.75 Å². The number of ether oxygens (including phenoxy) is 1. The lowest BCUT2D eigenvalue weighted by atomic mass is 10.0. The predicted octanol–water partition coefficient (Wildman–Crippen LogP) is 2.80. The number of hydrogen-bond acceptors (Lipinski definition) is 3. The third-order valence-corrected chi connectivity index (χ3v) is 4.59. The summed E-state index contributed by atoms with van der Waals surface area (Å²) < 4.78 is 8.14. The molecule has 0 atom stereocenters. The van der Waals surface area contributed by atoms with E-state index >= 15 is 0 Å². The Morgan fingerprint density at radius 3 is 2.93 bits per heavy atom. The highest BCUT2D eigenvalue weighted by Crippen LogP contribution is 2.28. The number of thioether (sulfide) groups is 1. The van der Waals surface area contributed by atoms with E-state index in [1.165, 1.54) is 24.3 Å². The molecular formula is C10H15BrN2OS. The molecule has 0 unspecified atom stereocenters. The lowest BCUT2D eigenvalue weighted by molar-refractivity contribution is 0.382. The standard InChI is InChI=1S/C10H15BrN2OS/c1-14-9-6-12-13(10(9)11)7-8-2-4-15-5-3-8/h6,8H,2-5,7H2,1H3. The van der Waals surface area contributed by atoms with Crippen LogP contribution in [0.15, 0.2) is 10.8 Å². The summed E-state index contributed by atoms with van der Waals surface area (Å²) in [6, 6.07) is 0. The highest BCUT2D eigenvalue weighted by molar-refractivity contribution is 9.10. The summed E-state index contributed by atoms with van der Waals surface area (Å²) in [6.45, 7) is 1.00. The monoisotopic (exact) mass is 290 g/mol. The van der Waals surface area contributed by atoms with E-state index in [2.05, 4.69) is 32.8 Å². The fraction of sp³-hybridized carbons (Fsp3) is 0.700. The largest absolute Gasteiger partial charge is 0.492 e. The van der Waals surface area contributed by atoms with Crippen LogP contribution in [0.25, 0.3) is 0 Å². The van der Waals surface area contributed by atoms with Gasteiger partial charge in [-0.2, -0.15) is 16.9 Å². The molecule has 0 radical (unpaired) electrons. The highest BCUT2D eigenvalue weighted by atomic mass is 79.9. The molecule has 1 aliphatic rings. The molecule has 2 rings (SSSR count). The van der Waals surface area contributed by atoms with Gasteiger partial charge in [-0.1, -0.05) is 0 Å². The van der Waals surface area contributed by atoms with Crippen LogP contribution in [0.2, 0.25) is 0 Å². The van der Waals surface area contributed by atoms with E-state index in [0.29, 0.717) is 0 Å². The third-order valence-electron chi connectivity index (χ3n) is 2.74. The second-order valence-electron chi connectivity index (χ2n) is 3.74. The van der Waals surface area contributed by atoms with Crippen LogP contribution < -0.4 is 4.74 Å². The van der Waals surface area contributed by atoms with Crippen LogP contribution in [0.3, 0.4) is 0 Å². The molecule has 1 saturated heterocycles. The van der Waals surface area contributed by atoms with E-state index in [4.69, 9.17) is 4.74 Å². The Labute approximate surface area is 103 Å². The van der Waals surface area contributed by atoms with Crippen molar-refractivity contribution in [2.24, 2.45) is 5.92 Å². The molecule has 3 nitrogen and oxygen atoms in total. The van der Waals surface area contributed by atoms with Gasteiger partial charge in [0.25, 0.3) is 0 Å². The Balaban J connectivity index is 2.00. The maximum absolute atomic E-state index is 5.18. The van der Waals surface area contributed by atoms with Crippen molar-refractivity contribution in [2.45, 2.75) is 19.4 Å². The summed E-state index contributed by atoms with van der Waals surface area (Å²) in [5, 5.41) is 4.32. The van der Waals surface area contributed by atoms with Crippen molar-refractivity contribution in [1.29, 1.82) is 0 Å². The zero-order valence-electron chi connectivity index (χ0n) is 8.78. The fourth-order valence-electron chi connectivity index (χ4n) is 1.79. The fourth-order valence-corrected chi connectivity index (χ4v) is 3.50. The summed E-state index contributed by atoms with van der Waals surface area (Å²) in [5.41, 5.74) is 0. The Morgan fingerprint density at radius 1 is 1.60 bits per heavy atom. The molecule has 15 heavy (non-hydrogen) atoms. The quantitative estimate of drug-likeness (QED) is 0.857. The van der Waals surface area contributed by atoms with Crippen molar-refractivity contribution in [1.82, 2.24) is 9.78 Å². The zero-order valence-corrected chi connectivity index (χ0v) is 11.2. The molecule has 0 saturated carbocycles. The van der Waals surface area contributed by atoms with E-state index in [-0.39, 0.29) is 0 Å². The molecule has 0 spiro atoms. The Kier molecular flexibility index (Phi) is 3.97. The Hall–Kier alpha value is -0.160. The van der Waals surface area contributed by atoms with E-state index in [1.54, 1.807) is 13.3 Å². The Morgan fingerprint density at radius 2 is 2.33 bits per heavy atom. The van der Waals surface area contributed by atoms with Gasteiger partial charge in [0, 0.05) is 6.54 Å². The number of rotatable bonds is 3. The SMILES string of the molecule is COc1cnn(CC2CCSCC2)c1Br. The summed E-state index contributed by atoms with van der Waals surface area (Å²) in [5.74, 6) is 4.17. The molecule has 0 bridgehead atoms. The van der Waals surface area contributed by atoms with Crippen molar-refractivity contribution in [3.05, 3.63) is 10.8 Å². The van der Waals surface area contributed by atoms with Gasteiger partial charge in [0.1, 0.15) is 4.60 Å².